The monoisotopic (exact) mass is 384 g/mol. The molecule has 27 heavy (non-hydrogen) atoms. The van der Waals surface area contributed by atoms with Crippen LogP contribution >= 0.6 is 0 Å². The summed E-state index contributed by atoms with van der Waals surface area (Å²) in [6, 6.07) is -0.768. The fraction of sp³-hybridized carbons (Fsp3) is 0.684. The Hall–Kier alpha value is -2.38. The van der Waals surface area contributed by atoms with Crippen LogP contribution in [0, 0.1) is 5.92 Å². The predicted molar refractivity (Wildman–Crippen MR) is 101 cm³/mol. The number of hydrogen-bond donors (Lipinski definition) is 1. The highest BCUT2D eigenvalue weighted by Crippen LogP contribution is 2.17. The molecule has 8 heteroatoms. The third-order valence-electron chi connectivity index (χ3n) is 4.09. The third kappa shape index (κ3) is 9.77. The smallest absolute Gasteiger partial charge is 0.325 e. The third-order valence-corrected chi connectivity index (χ3v) is 4.09. The van der Waals surface area contributed by atoms with Crippen LogP contribution in [0.3, 0.4) is 0 Å². The number of amides is 2. The van der Waals surface area contributed by atoms with Crippen LogP contribution in [-0.2, 0) is 28.7 Å². The van der Waals surface area contributed by atoms with Crippen molar-refractivity contribution in [1.82, 2.24) is 10.2 Å². The summed E-state index contributed by atoms with van der Waals surface area (Å²) in [4.78, 5) is 48.7. The van der Waals surface area contributed by atoms with Crippen LogP contribution in [0.2, 0.25) is 0 Å². The van der Waals surface area contributed by atoms with Gasteiger partial charge < -0.3 is 19.7 Å². The van der Waals surface area contributed by atoms with Crippen molar-refractivity contribution in [2.75, 3.05) is 20.7 Å². The molecule has 1 N–H and O–H groups in total. The molecule has 0 spiro atoms. The van der Waals surface area contributed by atoms with E-state index in [1.54, 1.807) is 6.92 Å². The molecule has 154 valence electrons. The summed E-state index contributed by atoms with van der Waals surface area (Å²) in [7, 11) is 2.71. The number of likely N-dealkylation sites (N-methyl/N-ethyl adjacent to an activating group) is 1. The summed E-state index contributed by atoms with van der Waals surface area (Å²) in [5.41, 5.74) is 0. The fourth-order valence-corrected chi connectivity index (χ4v) is 2.45. The molecule has 0 heterocycles. The van der Waals surface area contributed by atoms with Gasteiger partial charge in [-0.05, 0) is 25.7 Å². The first-order valence-corrected chi connectivity index (χ1v) is 9.05. The minimum absolute atomic E-state index is 0.0389. The van der Waals surface area contributed by atoms with Crippen molar-refractivity contribution in [3.63, 3.8) is 0 Å². The second-order valence-corrected chi connectivity index (χ2v) is 6.43. The van der Waals surface area contributed by atoms with Gasteiger partial charge in [0, 0.05) is 14.0 Å². The first kappa shape index (κ1) is 24.6. The largest absolute Gasteiger partial charge is 0.468 e. The second kappa shape index (κ2) is 12.9. The average molecular weight is 384 g/mol. The van der Waals surface area contributed by atoms with Gasteiger partial charge in [0.25, 0.3) is 0 Å². The SMILES string of the molecule is C/C=C/C[C@@H](C)[C@H](CC(=O)N[C@@H](CC)C(=O)N(C)CC(=O)OC)OC(C)=O. The first-order chi connectivity index (χ1) is 12.7. The van der Waals surface area contributed by atoms with Gasteiger partial charge in [-0.2, -0.15) is 0 Å². The van der Waals surface area contributed by atoms with Crippen molar-refractivity contribution in [2.45, 2.75) is 59.1 Å². The van der Waals surface area contributed by atoms with Crippen LogP contribution in [0.1, 0.15) is 47.0 Å². The van der Waals surface area contributed by atoms with Crippen molar-refractivity contribution >= 4 is 23.8 Å². The Labute approximate surface area is 161 Å². The number of hydrogen-bond acceptors (Lipinski definition) is 6. The van der Waals surface area contributed by atoms with E-state index in [4.69, 9.17) is 4.74 Å². The molecule has 0 rings (SSSR count). The van der Waals surface area contributed by atoms with E-state index in [1.807, 2.05) is 26.0 Å². The van der Waals surface area contributed by atoms with E-state index < -0.39 is 24.1 Å². The van der Waals surface area contributed by atoms with Crippen molar-refractivity contribution in [1.29, 1.82) is 0 Å². The molecule has 0 radical (unpaired) electrons. The molecular weight excluding hydrogens is 352 g/mol. The van der Waals surface area contributed by atoms with Gasteiger partial charge in [0.1, 0.15) is 18.7 Å². The Bertz CT molecular complexity index is 546. The first-order valence-electron chi connectivity index (χ1n) is 9.05. The number of nitrogens with zero attached hydrogens (tertiary/aromatic N) is 1. The van der Waals surface area contributed by atoms with Gasteiger partial charge in [-0.25, -0.2) is 0 Å². The van der Waals surface area contributed by atoms with Crippen molar-refractivity contribution in [3.05, 3.63) is 12.2 Å². The number of allylic oxidation sites excluding steroid dienone is 2. The Kier molecular flexibility index (Phi) is 11.8. The summed E-state index contributed by atoms with van der Waals surface area (Å²) in [5.74, 6) is -1.82. The van der Waals surface area contributed by atoms with E-state index in [2.05, 4.69) is 10.1 Å². The zero-order valence-electron chi connectivity index (χ0n) is 17.1. The summed E-state index contributed by atoms with van der Waals surface area (Å²) in [6.07, 6.45) is 4.24. The lowest BCUT2D eigenvalue weighted by Crippen LogP contribution is -2.49. The predicted octanol–water partition coefficient (Wildman–Crippen LogP) is 1.44. The number of carbonyl (C=O) groups excluding carboxylic acids is 4. The van der Waals surface area contributed by atoms with Crippen molar-refractivity contribution < 1.29 is 28.7 Å². The number of carbonyl (C=O) groups is 4. The van der Waals surface area contributed by atoms with Gasteiger partial charge in [0.15, 0.2) is 0 Å². The highest BCUT2D eigenvalue weighted by Gasteiger charge is 2.27. The van der Waals surface area contributed by atoms with E-state index in [9.17, 15) is 19.2 Å². The quantitative estimate of drug-likeness (QED) is 0.427. The van der Waals surface area contributed by atoms with E-state index in [1.165, 1.54) is 26.0 Å². The average Bonchev–Trinajstić information content (AvgIpc) is 2.62. The molecule has 3 atom stereocenters. The molecule has 0 saturated heterocycles. The highest BCUT2D eigenvalue weighted by atomic mass is 16.5. The lowest BCUT2D eigenvalue weighted by atomic mass is 9.97. The van der Waals surface area contributed by atoms with Crippen molar-refractivity contribution in [3.8, 4) is 0 Å². The number of ether oxygens (including phenoxy) is 2. The summed E-state index contributed by atoms with van der Waals surface area (Å²) >= 11 is 0. The molecular formula is C19H32N2O6. The van der Waals surface area contributed by atoms with Gasteiger partial charge in [-0.15, -0.1) is 0 Å². The standard InChI is InChI=1S/C19H32N2O6/c1-7-9-10-13(3)16(27-14(4)22)11-17(23)20-15(8-2)19(25)21(5)12-18(24)26-6/h7,9,13,15-16H,8,10-12H2,1-6H3,(H,20,23)/b9-7+/t13-,15+,16+/m1/s1. The van der Waals surface area contributed by atoms with Gasteiger partial charge in [0.05, 0.1) is 13.5 Å². The zero-order valence-corrected chi connectivity index (χ0v) is 17.1. The molecule has 0 unspecified atom stereocenters. The lowest BCUT2D eigenvalue weighted by molar-refractivity contribution is -0.151. The van der Waals surface area contributed by atoms with Crippen molar-refractivity contribution in [2.24, 2.45) is 5.92 Å². The Morgan fingerprint density at radius 3 is 2.33 bits per heavy atom. The number of nitrogens with one attached hydrogen (secondary N) is 1. The Balaban J connectivity index is 4.93. The Morgan fingerprint density at radius 2 is 1.85 bits per heavy atom. The molecule has 0 saturated carbocycles. The Morgan fingerprint density at radius 1 is 1.22 bits per heavy atom. The minimum atomic E-state index is -0.768. The molecule has 0 aliphatic rings. The topological polar surface area (TPSA) is 102 Å². The lowest BCUT2D eigenvalue weighted by Gasteiger charge is -2.25. The molecule has 0 aromatic rings. The van der Waals surface area contributed by atoms with Gasteiger partial charge in [0.2, 0.25) is 11.8 Å². The van der Waals surface area contributed by atoms with Gasteiger partial charge in [-0.1, -0.05) is 26.0 Å². The van der Waals surface area contributed by atoms with Gasteiger partial charge >= 0.3 is 11.9 Å². The summed E-state index contributed by atoms with van der Waals surface area (Å²) < 4.78 is 9.82. The van der Waals surface area contributed by atoms with Crippen LogP contribution in [0.4, 0.5) is 0 Å². The molecule has 0 fully saturated rings. The molecule has 0 aromatic heterocycles. The maximum absolute atomic E-state index is 12.4. The molecule has 0 aromatic carbocycles. The molecule has 8 nitrogen and oxygen atoms in total. The number of methoxy groups -OCH3 is 1. The summed E-state index contributed by atoms with van der Waals surface area (Å²) in [5, 5.41) is 2.66. The van der Waals surface area contributed by atoms with Crippen LogP contribution in [-0.4, -0.2) is 61.5 Å². The second-order valence-electron chi connectivity index (χ2n) is 6.43. The molecule has 0 aliphatic carbocycles. The fourth-order valence-electron chi connectivity index (χ4n) is 2.45. The summed E-state index contributed by atoms with van der Waals surface area (Å²) in [6.45, 7) is 6.65. The van der Waals surface area contributed by atoms with Crippen LogP contribution < -0.4 is 5.32 Å². The normalized spacial score (nSPS) is 14.1. The van der Waals surface area contributed by atoms with E-state index >= 15 is 0 Å². The number of esters is 2. The van der Waals surface area contributed by atoms with Crippen LogP contribution in [0.15, 0.2) is 12.2 Å². The minimum Gasteiger partial charge on any atom is -0.468 e. The van der Waals surface area contributed by atoms with E-state index in [0.717, 1.165) is 0 Å². The molecule has 0 bridgehead atoms. The molecule has 2 amide bonds. The zero-order chi connectivity index (χ0) is 21.0. The maximum Gasteiger partial charge on any atom is 0.325 e. The van der Waals surface area contributed by atoms with Crippen LogP contribution in [0.25, 0.3) is 0 Å². The van der Waals surface area contributed by atoms with Crippen LogP contribution in [0.5, 0.6) is 0 Å². The highest BCUT2D eigenvalue weighted by molar-refractivity contribution is 5.89. The van der Waals surface area contributed by atoms with Gasteiger partial charge in [-0.3, -0.25) is 19.2 Å². The number of rotatable bonds is 11. The maximum atomic E-state index is 12.4. The van der Waals surface area contributed by atoms with E-state index in [0.29, 0.717) is 12.8 Å². The molecule has 0 aliphatic heterocycles. The van der Waals surface area contributed by atoms with E-state index in [-0.39, 0.29) is 30.7 Å².